The molecule has 0 spiro atoms. The zero-order chi connectivity index (χ0) is 24.7. The SMILES string of the molecule is C[C@@H](Nc1ncnc2nc(Cl)c(C3(C#N)CCS(=O)(=O)CC3)cc12)c1cccc(C(F)F)c1F. The molecule has 1 aromatic carbocycles. The smallest absolute Gasteiger partial charge is 0.266 e. The van der Waals surface area contributed by atoms with Crippen molar-refractivity contribution >= 4 is 38.3 Å². The van der Waals surface area contributed by atoms with Gasteiger partial charge in [0.25, 0.3) is 6.43 Å². The van der Waals surface area contributed by atoms with Crippen LogP contribution in [0.5, 0.6) is 0 Å². The van der Waals surface area contributed by atoms with Gasteiger partial charge < -0.3 is 5.32 Å². The third kappa shape index (κ3) is 4.40. The fraction of sp³-hybridized carbons (Fsp3) is 0.364. The van der Waals surface area contributed by atoms with Gasteiger partial charge in [-0.15, -0.1) is 0 Å². The maximum absolute atomic E-state index is 14.6. The molecule has 1 N–H and O–H groups in total. The average molecular weight is 510 g/mol. The number of anilines is 1. The molecule has 1 aliphatic rings. The molecular formula is C22H19ClF3N5O2S. The van der Waals surface area contributed by atoms with Gasteiger partial charge in [0, 0.05) is 11.1 Å². The third-order valence-corrected chi connectivity index (χ3v) is 8.04. The zero-order valence-corrected chi connectivity index (χ0v) is 19.5. The molecule has 0 radical (unpaired) electrons. The monoisotopic (exact) mass is 509 g/mol. The quantitative estimate of drug-likeness (QED) is 0.487. The number of nitriles is 1. The fourth-order valence-electron chi connectivity index (χ4n) is 4.10. The molecule has 178 valence electrons. The van der Waals surface area contributed by atoms with Gasteiger partial charge in [-0.2, -0.15) is 5.26 Å². The first-order chi connectivity index (χ1) is 16.1. The fourth-order valence-corrected chi connectivity index (χ4v) is 5.94. The number of halogens is 4. The Morgan fingerprint density at radius 3 is 2.53 bits per heavy atom. The van der Waals surface area contributed by atoms with E-state index < -0.39 is 39.1 Å². The minimum absolute atomic E-state index is 0.0256. The molecule has 1 saturated heterocycles. The number of pyridine rings is 1. The van der Waals surface area contributed by atoms with E-state index in [0.717, 1.165) is 6.07 Å². The maximum atomic E-state index is 14.6. The number of rotatable bonds is 5. The summed E-state index contributed by atoms with van der Waals surface area (Å²) in [5.41, 5.74) is -1.26. The van der Waals surface area contributed by atoms with Gasteiger partial charge in [0.05, 0.1) is 40.0 Å². The summed E-state index contributed by atoms with van der Waals surface area (Å²) in [5, 5.41) is 13.4. The number of alkyl halides is 2. The minimum Gasteiger partial charge on any atom is -0.363 e. The molecule has 1 fully saturated rings. The van der Waals surface area contributed by atoms with E-state index >= 15 is 0 Å². The Morgan fingerprint density at radius 1 is 1.21 bits per heavy atom. The second kappa shape index (κ2) is 9.00. The zero-order valence-electron chi connectivity index (χ0n) is 17.9. The van der Waals surface area contributed by atoms with Gasteiger partial charge in [0.15, 0.2) is 5.65 Å². The van der Waals surface area contributed by atoms with Crippen molar-refractivity contribution in [1.29, 1.82) is 5.26 Å². The highest BCUT2D eigenvalue weighted by Crippen LogP contribution is 2.41. The van der Waals surface area contributed by atoms with Gasteiger partial charge in [0.2, 0.25) is 0 Å². The molecule has 0 aliphatic carbocycles. The lowest BCUT2D eigenvalue weighted by atomic mass is 9.77. The van der Waals surface area contributed by atoms with Gasteiger partial charge in [-0.3, -0.25) is 0 Å². The number of aromatic nitrogens is 3. The highest BCUT2D eigenvalue weighted by molar-refractivity contribution is 7.91. The average Bonchev–Trinajstić information content (AvgIpc) is 2.79. The number of sulfone groups is 1. The van der Waals surface area contributed by atoms with Crippen molar-refractivity contribution in [1.82, 2.24) is 15.0 Å². The van der Waals surface area contributed by atoms with Crippen molar-refractivity contribution in [3.63, 3.8) is 0 Å². The normalized spacial score (nSPS) is 17.9. The molecule has 7 nitrogen and oxygen atoms in total. The van der Waals surface area contributed by atoms with Crippen molar-refractivity contribution in [3.05, 3.63) is 58.3 Å². The molecule has 2 aromatic heterocycles. The lowest BCUT2D eigenvalue weighted by Crippen LogP contribution is -2.36. The number of nitrogens with zero attached hydrogens (tertiary/aromatic N) is 4. The van der Waals surface area contributed by atoms with Crippen LogP contribution >= 0.6 is 11.6 Å². The Labute approximate surface area is 198 Å². The predicted octanol–water partition coefficient (Wildman–Crippen LogP) is 4.90. The minimum atomic E-state index is -3.24. The summed E-state index contributed by atoms with van der Waals surface area (Å²) in [6.45, 7) is 1.59. The summed E-state index contributed by atoms with van der Waals surface area (Å²) in [7, 11) is -3.24. The summed E-state index contributed by atoms with van der Waals surface area (Å²) in [6.07, 6.45) is -1.60. The Kier molecular flexibility index (Phi) is 6.40. The summed E-state index contributed by atoms with van der Waals surface area (Å²) >= 11 is 6.38. The highest BCUT2D eigenvalue weighted by Gasteiger charge is 2.41. The summed E-state index contributed by atoms with van der Waals surface area (Å²) in [6, 6.07) is 6.83. The first-order valence-electron chi connectivity index (χ1n) is 10.3. The summed E-state index contributed by atoms with van der Waals surface area (Å²) in [5.74, 6) is -1.07. The largest absolute Gasteiger partial charge is 0.363 e. The number of fused-ring (bicyclic) bond motifs is 1. The topological polar surface area (TPSA) is 109 Å². The molecule has 3 aromatic rings. The van der Waals surface area contributed by atoms with E-state index in [0.29, 0.717) is 10.9 Å². The molecular weight excluding hydrogens is 491 g/mol. The van der Waals surface area contributed by atoms with Gasteiger partial charge in [-0.25, -0.2) is 36.5 Å². The molecule has 0 unspecified atom stereocenters. The third-order valence-electron chi connectivity index (χ3n) is 6.10. The number of benzene rings is 1. The van der Waals surface area contributed by atoms with Crippen molar-refractivity contribution < 1.29 is 21.6 Å². The van der Waals surface area contributed by atoms with Crippen LogP contribution in [0.15, 0.2) is 30.6 Å². The first kappa shape index (κ1) is 24.2. The first-order valence-corrected chi connectivity index (χ1v) is 12.5. The summed E-state index contributed by atoms with van der Waals surface area (Å²) < 4.78 is 64.7. The van der Waals surface area contributed by atoms with Crippen LogP contribution < -0.4 is 5.32 Å². The van der Waals surface area contributed by atoms with Crippen LogP contribution in [0.4, 0.5) is 19.0 Å². The molecule has 4 rings (SSSR count). The lowest BCUT2D eigenvalue weighted by molar-refractivity contribution is 0.146. The van der Waals surface area contributed by atoms with Crippen molar-refractivity contribution in [3.8, 4) is 6.07 Å². The van der Waals surface area contributed by atoms with Crippen LogP contribution in [0.3, 0.4) is 0 Å². The van der Waals surface area contributed by atoms with E-state index in [2.05, 4.69) is 26.3 Å². The van der Waals surface area contributed by atoms with E-state index in [1.165, 1.54) is 18.5 Å². The molecule has 3 heterocycles. The van der Waals surface area contributed by atoms with Crippen molar-refractivity contribution in [2.24, 2.45) is 0 Å². The van der Waals surface area contributed by atoms with Crippen molar-refractivity contribution in [2.45, 2.75) is 37.6 Å². The van der Waals surface area contributed by atoms with Crippen LogP contribution in [0.25, 0.3) is 11.0 Å². The van der Waals surface area contributed by atoms with Crippen LogP contribution in [0, 0.1) is 17.1 Å². The van der Waals surface area contributed by atoms with E-state index in [9.17, 15) is 26.9 Å². The molecule has 0 saturated carbocycles. The van der Waals surface area contributed by atoms with Gasteiger partial charge in [-0.1, -0.05) is 29.8 Å². The molecule has 12 heteroatoms. The van der Waals surface area contributed by atoms with Gasteiger partial charge in [-0.05, 0) is 25.8 Å². The van der Waals surface area contributed by atoms with Crippen LogP contribution in [-0.2, 0) is 15.3 Å². The van der Waals surface area contributed by atoms with Gasteiger partial charge in [0.1, 0.15) is 33.0 Å². The van der Waals surface area contributed by atoms with Crippen LogP contribution in [-0.4, -0.2) is 34.9 Å². The molecule has 0 amide bonds. The van der Waals surface area contributed by atoms with Crippen molar-refractivity contribution in [2.75, 3.05) is 16.8 Å². The molecule has 1 atom stereocenters. The Hall–Kier alpha value is -2.97. The van der Waals surface area contributed by atoms with E-state index in [4.69, 9.17) is 11.6 Å². The predicted molar refractivity (Wildman–Crippen MR) is 121 cm³/mol. The molecule has 1 aliphatic heterocycles. The lowest BCUT2D eigenvalue weighted by Gasteiger charge is -2.31. The number of nitrogens with one attached hydrogen (secondary N) is 1. The Bertz CT molecular complexity index is 1400. The summed E-state index contributed by atoms with van der Waals surface area (Å²) in [4.78, 5) is 12.6. The standard InChI is InChI=1S/C22H19ClF3N5O2S/c1-12(13-3-2-4-14(17(13)24)19(25)26)30-20-15-9-16(18(23)31-21(15)29-11-28-20)22(10-27)5-7-34(32,33)8-6-22/h2-4,9,11-12,19H,5-8H2,1H3,(H,28,29,30,31)/t12-/m1/s1. The van der Waals surface area contributed by atoms with Gasteiger partial charge >= 0.3 is 0 Å². The molecule has 34 heavy (non-hydrogen) atoms. The van der Waals surface area contributed by atoms with E-state index in [1.807, 2.05) is 0 Å². The Balaban J connectivity index is 1.76. The number of hydrogen-bond donors (Lipinski definition) is 1. The number of hydrogen-bond acceptors (Lipinski definition) is 7. The van der Waals surface area contributed by atoms with E-state index in [1.54, 1.807) is 13.0 Å². The van der Waals surface area contributed by atoms with Crippen LogP contribution in [0.1, 0.15) is 48.9 Å². The van der Waals surface area contributed by atoms with Crippen LogP contribution in [0.2, 0.25) is 5.15 Å². The second-order valence-electron chi connectivity index (χ2n) is 8.18. The maximum Gasteiger partial charge on any atom is 0.266 e. The molecule has 0 bridgehead atoms. The highest BCUT2D eigenvalue weighted by atomic mass is 35.5. The second-order valence-corrected chi connectivity index (χ2v) is 10.8. The van der Waals surface area contributed by atoms with E-state index in [-0.39, 0.29) is 46.5 Å². The Morgan fingerprint density at radius 2 is 1.88 bits per heavy atom.